The fraction of sp³-hybridized carbons (Fsp3) is 0.300. The summed E-state index contributed by atoms with van der Waals surface area (Å²) >= 11 is 1.80. The number of benzene rings is 1. The van der Waals surface area contributed by atoms with Gasteiger partial charge < -0.3 is 10.2 Å². The standard InChI is InChI=1S/C20H22N4OS/c1-3-18-17-8-10-26-19(17)7-9-24(18)20(25)14-5-4-6-15(11-14)22-16-12-21-23(2)13-16/h4-6,8,10-13,18,22H,3,7,9H2,1-2H3/t18-/m0/s1. The van der Waals surface area contributed by atoms with Crippen molar-refractivity contribution in [3.05, 3.63) is 64.1 Å². The van der Waals surface area contributed by atoms with Crippen LogP contribution in [-0.2, 0) is 13.5 Å². The van der Waals surface area contributed by atoms with Crippen LogP contribution in [0.4, 0.5) is 11.4 Å². The molecule has 26 heavy (non-hydrogen) atoms. The number of rotatable bonds is 4. The minimum absolute atomic E-state index is 0.100. The third-order valence-corrected chi connectivity index (χ3v) is 5.84. The molecule has 0 spiro atoms. The smallest absolute Gasteiger partial charge is 0.254 e. The van der Waals surface area contributed by atoms with E-state index in [9.17, 15) is 4.79 Å². The number of carbonyl (C=O) groups is 1. The lowest BCUT2D eigenvalue weighted by Crippen LogP contribution is -2.39. The Hall–Kier alpha value is -2.60. The zero-order valence-corrected chi connectivity index (χ0v) is 15.8. The number of anilines is 2. The van der Waals surface area contributed by atoms with Crippen LogP contribution in [0.5, 0.6) is 0 Å². The normalized spacial score (nSPS) is 16.4. The third kappa shape index (κ3) is 3.12. The van der Waals surface area contributed by atoms with Crippen LogP contribution in [0.15, 0.2) is 48.1 Å². The topological polar surface area (TPSA) is 50.2 Å². The quantitative estimate of drug-likeness (QED) is 0.746. The first-order chi connectivity index (χ1) is 12.7. The van der Waals surface area contributed by atoms with Gasteiger partial charge in [-0.1, -0.05) is 13.0 Å². The molecule has 0 bridgehead atoms. The summed E-state index contributed by atoms with van der Waals surface area (Å²) in [6.45, 7) is 2.93. The molecule has 0 aliphatic carbocycles. The molecule has 6 heteroatoms. The molecule has 1 aliphatic rings. The van der Waals surface area contributed by atoms with Crippen molar-refractivity contribution in [3.63, 3.8) is 0 Å². The Labute approximate surface area is 157 Å². The number of nitrogens with one attached hydrogen (secondary N) is 1. The van der Waals surface area contributed by atoms with Gasteiger partial charge in [0.2, 0.25) is 0 Å². The van der Waals surface area contributed by atoms with Crippen LogP contribution in [-0.4, -0.2) is 27.1 Å². The van der Waals surface area contributed by atoms with E-state index < -0.39 is 0 Å². The van der Waals surface area contributed by atoms with Gasteiger partial charge in [-0.05, 0) is 48.1 Å². The molecule has 1 atom stereocenters. The number of nitrogens with zero attached hydrogens (tertiary/aromatic N) is 3. The van der Waals surface area contributed by atoms with E-state index in [1.54, 1.807) is 22.2 Å². The fourth-order valence-electron chi connectivity index (χ4n) is 3.63. The number of hydrogen-bond donors (Lipinski definition) is 1. The van der Waals surface area contributed by atoms with Crippen molar-refractivity contribution in [2.45, 2.75) is 25.8 Å². The molecule has 4 rings (SSSR count). The first-order valence-corrected chi connectivity index (χ1v) is 9.76. The van der Waals surface area contributed by atoms with Crippen LogP contribution in [0.1, 0.15) is 40.2 Å². The number of carbonyl (C=O) groups excluding carboxylic acids is 1. The van der Waals surface area contributed by atoms with Crippen LogP contribution in [0, 0.1) is 0 Å². The summed E-state index contributed by atoms with van der Waals surface area (Å²) in [6, 6.07) is 10.1. The van der Waals surface area contributed by atoms with Crippen LogP contribution < -0.4 is 5.32 Å². The van der Waals surface area contributed by atoms with Gasteiger partial charge in [-0.2, -0.15) is 5.10 Å². The highest BCUT2D eigenvalue weighted by Gasteiger charge is 2.30. The first kappa shape index (κ1) is 16.8. The molecule has 134 valence electrons. The average Bonchev–Trinajstić information content (AvgIpc) is 3.29. The van der Waals surface area contributed by atoms with Gasteiger partial charge in [0, 0.05) is 35.9 Å². The van der Waals surface area contributed by atoms with Crippen LogP contribution in [0.25, 0.3) is 0 Å². The van der Waals surface area contributed by atoms with E-state index in [4.69, 9.17) is 0 Å². The zero-order chi connectivity index (χ0) is 18.1. The van der Waals surface area contributed by atoms with E-state index in [-0.39, 0.29) is 11.9 Å². The van der Waals surface area contributed by atoms with Gasteiger partial charge >= 0.3 is 0 Å². The van der Waals surface area contributed by atoms with Gasteiger partial charge in [0.15, 0.2) is 0 Å². The summed E-state index contributed by atoms with van der Waals surface area (Å²) in [5.74, 6) is 0.100. The molecule has 0 saturated heterocycles. The van der Waals surface area contributed by atoms with Crippen LogP contribution in [0.3, 0.4) is 0 Å². The van der Waals surface area contributed by atoms with Crippen molar-refractivity contribution >= 4 is 28.6 Å². The van der Waals surface area contributed by atoms with Gasteiger partial charge in [-0.15, -0.1) is 11.3 Å². The molecule has 1 amide bonds. The Morgan fingerprint density at radius 1 is 1.35 bits per heavy atom. The van der Waals surface area contributed by atoms with Crippen molar-refractivity contribution in [2.24, 2.45) is 7.05 Å². The maximum absolute atomic E-state index is 13.2. The van der Waals surface area contributed by atoms with E-state index in [0.717, 1.165) is 36.3 Å². The number of amides is 1. The molecule has 2 aromatic heterocycles. The molecule has 3 heterocycles. The zero-order valence-electron chi connectivity index (χ0n) is 15.0. The van der Waals surface area contributed by atoms with Crippen molar-refractivity contribution < 1.29 is 4.79 Å². The Balaban J connectivity index is 1.57. The number of hydrogen-bond acceptors (Lipinski definition) is 4. The monoisotopic (exact) mass is 366 g/mol. The summed E-state index contributed by atoms with van der Waals surface area (Å²) in [5, 5.41) is 9.61. The van der Waals surface area contributed by atoms with E-state index in [1.807, 2.05) is 42.4 Å². The summed E-state index contributed by atoms with van der Waals surface area (Å²) < 4.78 is 1.75. The molecule has 0 saturated carbocycles. The molecular weight excluding hydrogens is 344 g/mol. The van der Waals surface area contributed by atoms with Gasteiger partial charge in [0.25, 0.3) is 5.91 Å². The van der Waals surface area contributed by atoms with Crippen molar-refractivity contribution in [1.82, 2.24) is 14.7 Å². The molecule has 0 radical (unpaired) electrons. The SMILES string of the molecule is CC[C@H]1c2ccsc2CCN1C(=O)c1cccc(Nc2cnn(C)c2)c1. The molecule has 5 nitrogen and oxygen atoms in total. The summed E-state index contributed by atoms with van der Waals surface area (Å²) in [4.78, 5) is 16.6. The van der Waals surface area contributed by atoms with Crippen molar-refractivity contribution in [2.75, 3.05) is 11.9 Å². The number of aromatic nitrogens is 2. The molecule has 1 aliphatic heterocycles. The maximum atomic E-state index is 13.2. The lowest BCUT2D eigenvalue weighted by atomic mass is 9.97. The van der Waals surface area contributed by atoms with E-state index in [0.29, 0.717) is 0 Å². The van der Waals surface area contributed by atoms with Gasteiger partial charge in [-0.3, -0.25) is 9.48 Å². The van der Waals surface area contributed by atoms with Gasteiger partial charge in [0.1, 0.15) is 0 Å². The summed E-state index contributed by atoms with van der Waals surface area (Å²) in [5.41, 5.74) is 3.84. The lowest BCUT2D eigenvalue weighted by Gasteiger charge is -2.35. The Bertz CT molecular complexity index is 929. The lowest BCUT2D eigenvalue weighted by molar-refractivity contribution is 0.0657. The first-order valence-electron chi connectivity index (χ1n) is 8.88. The highest BCUT2D eigenvalue weighted by Crippen LogP contribution is 2.36. The summed E-state index contributed by atoms with van der Waals surface area (Å²) in [6.07, 6.45) is 5.56. The number of thiophene rings is 1. The molecule has 0 unspecified atom stereocenters. The second kappa shape index (κ2) is 6.96. The molecular formula is C20H22N4OS. The second-order valence-corrected chi connectivity index (χ2v) is 7.58. The Kier molecular flexibility index (Phi) is 4.51. The largest absolute Gasteiger partial charge is 0.353 e. The van der Waals surface area contributed by atoms with E-state index in [2.05, 4.69) is 28.8 Å². The predicted octanol–water partition coefficient (Wildman–Crippen LogP) is 4.37. The minimum atomic E-state index is 0.100. The molecule has 1 aromatic carbocycles. The summed E-state index contributed by atoms with van der Waals surface area (Å²) in [7, 11) is 1.88. The predicted molar refractivity (Wildman–Crippen MR) is 105 cm³/mol. The van der Waals surface area contributed by atoms with Crippen molar-refractivity contribution in [3.8, 4) is 0 Å². The third-order valence-electron chi connectivity index (χ3n) is 4.85. The second-order valence-electron chi connectivity index (χ2n) is 6.58. The highest BCUT2D eigenvalue weighted by atomic mass is 32.1. The van der Waals surface area contributed by atoms with Crippen LogP contribution >= 0.6 is 11.3 Å². The Morgan fingerprint density at radius 2 is 2.23 bits per heavy atom. The molecule has 0 fully saturated rings. The molecule has 1 N–H and O–H groups in total. The average molecular weight is 366 g/mol. The van der Waals surface area contributed by atoms with E-state index >= 15 is 0 Å². The number of aryl methyl sites for hydroxylation is 1. The van der Waals surface area contributed by atoms with E-state index in [1.165, 1.54) is 10.4 Å². The van der Waals surface area contributed by atoms with Gasteiger partial charge in [-0.25, -0.2) is 0 Å². The van der Waals surface area contributed by atoms with Gasteiger partial charge in [0.05, 0.1) is 17.9 Å². The highest BCUT2D eigenvalue weighted by molar-refractivity contribution is 7.10. The fourth-order valence-corrected chi connectivity index (χ4v) is 4.56. The molecule has 3 aromatic rings. The minimum Gasteiger partial charge on any atom is -0.353 e. The van der Waals surface area contributed by atoms with Crippen LogP contribution in [0.2, 0.25) is 0 Å². The Morgan fingerprint density at radius 3 is 3.00 bits per heavy atom. The maximum Gasteiger partial charge on any atom is 0.254 e. The number of fused-ring (bicyclic) bond motifs is 1. The van der Waals surface area contributed by atoms with Crippen molar-refractivity contribution in [1.29, 1.82) is 0 Å².